The Morgan fingerprint density at radius 2 is 2.00 bits per heavy atom. The molecule has 0 saturated carbocycles. The van der Waals surface area contributed by atoms with Crippen LogP contribution in [0, 0.1) is 6.92 Å². The third-order valence-corrected chi connectivity index (χ3v) is 3.38. The van der Waals surface area contributed by atoms with Gasteiger partial charge in [0.1, 0.15) is 17.8 Å². The fourth-order valence-electron chi connectivity index (χ4n) is 1.69. The molecular formula is C15H22BrNO4. The van der Waals surface area contributed by atoms with E-state index in [4.69, 9.17) is 4.74 Å². The van der Waals surface area contributed by atoms with Crippen molar-refractivity contribution in [3.05, 3.63) is 33.8 Å². The number of rotatable bonds is 4. The number of aliphatic hydroxyl groups excluding tert-OH is 2. The zero-order chi connectivity index (χ0) is 16.2. The molecule has 21 heavy (non-hydrogen) atoms. The SMILES string of the molecule is Cc1ccc(C(O)C(O)CNC(=O)OC(C)(C)C)c(Br)c1. The molecule has 0 aliphatic heterocycles. The molecule has 0 heterocycles. The first-order chi connectivity index (χ1) is 9.60. The van der Waals surface area contributed by atoms with Crippen LogP contribution in [0.3, 0.4) is 0 Å². The van der Waals surface area contributed by atoms with E-state index in [0.717, 1.165) is 5.56 Å². The molecule has 0 spiro atoms. The van der Waals surface area contributed by atoms with Crippen molar-refractivity contribution in [2.24, 2.45) is 0 Å². The molecule has 6 heteroatoms. The van der Waals surface area contributed by atoms with Gasteiger partial charge in [0.05, 0.1) is 0 Å². The third kappa shape index (κ3) is 6.03. The van der Waals surface area contributed by atoms with Crippen molar-refractivity contribution in [2.45, 2.75) is 45.5 Å². The van der Waals surface area contributed by atoms with E-state index in [1.807, 2.05) is 19.1 Å². The van der Waals surface area contributed by atoms with Gasteiger partial charge in [-0.15, -0.1) is 0 Å². The average molecular weight is 360 g/mol. The van der Waals surface area contributed by atoms with Crippen LogP contribution in [0.2, 0.25) is 0 Å². The van der Waals surface area contributed by atoms with Crippen molar-refractivity contribution in [3.8, 4) is 0 Å². The Hall–Kier alpha value is -1.11. The van der Waals surface area contributed by atoms with Gasteiger partial charge in [0.25, 0.3) is 0 Å². The van der Waals surface area contributed by atoms with Gasteiger partial charge in [-0.25, -0.2) is 4.79 Å². The van der Waals surface area contributed by atoms with Crippen molar-refractivity contribution in [1.29, 1.82) is 0 Å². The van der Waals surface area contributed by atoms with Crippen LogP contribution in [0.1, 0.15) is 38.0 Å². The quantitative estimate of drug-likeness (QED) is 0.772. The van der Waals surface area contributed by atoms with Gasteiger partial charge < -0.3 is 20.3 Å². The van der Waals surface area contributed by atoms with Crippen LogP contribution in [-0.4, -0.2) is 34.6 Å². The number of benzene rings is 1. The Morgan fingerprint density at radius 3 is 2.52 bits per heavy atom. The van der Waals surface area contributed by atoms with Gasteiger partial charge in [-0.1, -0.05) is 28.1 Å². The summed E-state index contributed by atoms with van der Waals surface area (Å²) in [5, 5.41) is 22.5. The summed E-state index contributed by atoms with van der Waals surface area (Å²) in [5.74, 6) is 0. The molecule has 0 radical (unpaired) electrons. The zero-order valence-corrected chi connectivity index (χ0v) is 14.3. The molecule has 1 amide bonds. The average Bonchev–Trinajstić information content (AvgIpc) is 2.33. The Labute approximate surface area is 133 Å². The van der Waals surface area contributed by atoms with Crippen LogP contribution in [0.5, 0.6) is 0 Å². The van der Waals surface area contributed by atoms with Gasteiger partial charge in [-0.2, -0.15) is 0 Å². The number of carbonyl (C=O) groups excluding carboxylic acids is 1. The minimum absolute atomic E-state index is 0.101. The topological polar surface area (TPSA) is 78.8 Å². The third-order valence-electron chi connectivity index (χ3n) is 2.69. The first-order valence-corrected chi connectivity index (χ1v) is 7.48. The fourth-order valence-corrected chi connectivity index (χ4v) is 2.42. The predicted octanol–water partition coefficient (Wildman–Crippen LogP) is 2.68. The monoisotopic (exact) mass is 359 g/mol. The highest BCUT2D eigenvalue weighted by Gasteiger charge is 2.22. The summed E-state index contributed by atoms with van der Waals surface area (Å²) in [7, 11) is 0. The number of halogens is 1. The lowest BCUT2D eigenvalue weighted by Crippen LogP contribution is -2.38. The number of hydrogen-bond acceptors (Lipinski definition) is 4. The standard InChI is InChI=1S/C15H22BrNO4/c1-9-5-6-10(11(16)7-9)13(19)12(18)8-17-14(20)21-15(2,3)4/h5-7,12-13,18-19H,8H2,1-4H3,(H,17,20). The number of amides is 1. The first kappa shape index (κ1) is 17.9. The maximum Gasteiger partial charge on any atom is 0.407 e. The van der Waals surface area contributed by atoms with Crippen molar-refractivity contribution < 1.29 is 19.7 Å². The normalized spacial score (nSPS) is 14.4. The van der Waals surface area contributed by atoms with E-state index in [2.05, 4.69) is 21.2 Å². The largest absolute Gasteiger partial charge is 0.444 e. The Kier molecular flexibility index (Phi) is 6.19. The van der Waals surface area contributed by atoms with Crippen LogP contribution < -0.4 is 5.32 Å². The summed E-state index contributed by atoms with van der Waals surface area (Å²) in [4.78, 5) is 11.5. The fraction of sp³-hybridized carbons (Fsp3) is 0.533. The number of alkyl carbamates (subject to hydrolysis) is 1. The van der Waals surface area contributed by atoms with E-state index in [0.29, 0.717) is 10.0 Å². The van der Waals surface area contributed by atoms with Gasteiger partial charge >= 0.3 is 6.09 Å². The zero-order valence-electron chi connectivity index (χ0n) is 12.7. The number of ether oxygens (including phenoxy) is 1. The molecule has 0 aliphatic carbocycles. The van der Waals surface area contributed by atoms with Gasteiger partial charge in [-0.3, -0.25) is 0 Å². The molecule has 0 bridgehead atoms. The smallest absolute Gasteiger partial charge is 0.407 e. The molecular weight excluding hydrogens is 338 g/mol. The lowest BCUT2D eigenvalue weighted by molar-refractivity contribution is 0.0126. The Morgan fingerprint density at radius 1 is 1.38 bits per heavy atom. The second-order valence-electron chi connectivity index (χ2n) is 5.92. The highest BCUT2D eigenvalue weighted by Crippen LogP contribution is 2.26. The van der Waals surface area contributed by atoms with E-state index in [1.165, 1.54) is 0 Å². The summed E-state index contributed by atoms with van der Waals surface area (Å²) in [5.41, 5.74) is 1.01. The molecule has 118 valence electrons. The lowest BCUT2D eigenvalue weighted by atomic mass is 10.0. The Bertz CT molecular complexity index is 499. The van der Waals surface area contributed by atoms with Crippen LogP contribution in [0.25, 0.3) is 0 Å². The molecule has 1 rings (SSSR count). The Balaban J connectivity index is 2.59. The molecule has 0 aromatic heterocycles. The number of aryl methyl sites for hydroxylation is 1. The summed E-state index contributed by atoms with van der Waals surface area (Å²) in [6.45, 7) is 7.08. The van der Waals surface area contributed by atoms with E-state index < -0.39 is 23.9 Å². The number of nitrogens with one attached hydrogen (secondary N) is 1. The summed E-state index contributed by atoms with van der Waals surface area (Å²) in [6.07, 6.45) is -2.86. The van der Waals surface area contributed by atoms with Gasteiger partial charge in [-0.05, 0) is 44.9 Å². The van der Waals surface area contributed by atoms with Crippen LogP contribution >= 0.6 is 15.9 Å². The van der Waals surface area contributed by atoms with Crippen molar-refractivity contribution in [1.82, 2.24) is 5.32 Å². The molecule has 0 aliphatic rings. The van der Waals surface area contributed by atoms with Crippen LogP contribution in [0.4, 0.5) is 4.79 Å². The highest BCUT2D eigenvalue weighted by atomic mass is 79.9. The summed E-state index contributed by atoms with van der Waals surface area (Å²) < 4.78 is 5.78. The van der Waals surface area contributed by atoms with Crippen molar-refractivity contribution in [3.63, 3.8) is 0 Å². The number of aliphatic hydroxyl groups is 2. The number of hydrogen-bond donors (Lipinski definition) is 3. The van der Waals surface area contributed by atoms with Gasteiger partial charge in [0.2, 0.25) is 0 Å². The predicted molar refractivity (Wildman–Crippen MR) is 84.1 cm³/mol. The molecule has 0 fully saturated rings. The summed E-state index contributed by atoms with van der Waals surface area (Å²) >= 11 is 3.35. The molecule has 0 saturated heterocycles. The highest BCUT2D eigenvalue weighted by molar-refractivity contribution is 9.10. The molecule has 1 aromatic carbocycles. The second kappa shape index (κ2) is 7.24. The number of carbonyl (C=O) groups is 1. The van der Waals surface area contributed by atoms with Crippen molar-refractivity contribution >= 4 is 22.0 Å². The maximum absolute atomic E-state index is 11.5. The minimum atomic E-state index is -1.13. The minimum Gasteiger partial charge on any atom is -0.444 e. The van der Waals surface area contributed by atoms with E-state index in [1.54, 1.807) is 26.8 Å². The summed E-state index contributed by atoms with van der Waals surface area (Å²) in [6, 6.07) is 5.44. The van der Waals surface area contributed by atoms with Crippen molar-refractivity contribution in [2.75, 3.05) is 6.54 Å². The first-order valence-electron chi connectivity index (χ1n) is 6.69. The lowest BCUT2D eigenvalue weighted by Gasteiger charge is -2.22. The van der Waals surface area contributed by atoms with E-state index in [-0.39, 0.29) is 6.54 Å². The van der Waals surface area contributed by atoms with Crippen LogP contribution in [0.15, 0.2) is 22.7 Å². The second-order valence-corrected chi connectivity index (χ2v) is 6.77. The van der Waals surface area contributed by atoms with Gasteiger partial charge in [0.15, 0.2) is 0 Å². The van der Waals surface area contributed by atoms with E-state index >= 15 is 0 Å². The molecule has 2 atom stereocenters. The molecule has 1 aromatic rings. The van der Waals surface area contributed by atoms with Gasteiger partial charge in [0, 0.05) is 11.0 Å². The molecule has 3 N–H and O–H groups in total. The van der Waals surface area contributed by atoms with E-state index in [9.17, 15) is 15.0 Å². The van der Waals surface area contributed by atoms with Crippen LogP contribution in [-0.2, 0) is 4.74 Å². The maximum atomic E-state index is 11.5. The molecule has 2 unspecified atom stereocenters. The molecule has 5 nitrogen and oxygen atoms in total.